The Morgan fingerprint density at radius 3 is 3.00 bits per heavy atom. The summed E-state index contributed by atoms with van der Waals surface area (Å²) >= 11 is 1.88. The first kappa shape index (κ1) is 13.3. The lowest BCUT2D eigenvalue weighted by molar-refractivity contribution is 0.510. The lowest BCUT2D eigenvalue weighted by Crippen LogP contribution is -2.20. The molecular weight excluding hydrogens is 266 g/mol. The van der Waals surface area contributed by atoms with Crippen LogP contribution in [0.25, 0.3) is 10.1 Å². The fourth-order valence-corrected chi connectivity index (χ4v) is 3.40. The van der Waals surface area contributed by atoms with Gasteiger partial charge in [0, 0.05) is 34.6 Å². The quantitative estimate of drug-likeness (QED) is 0.697. The van der Waals surface area contributed by atoms with E-state index in [0.717, 1.165) is 19.5 Å². The van der Waals surface area contributed by atoms with Crippen LogP contribution >= 0.6 is 11.3 Å². The molecule has 0 radical (unpaired) electrons. The van der Waals surface area contributed by atoms with Gasteiger partial charge in [-0.3, -0.25) is 4.68 Å². The molecule has 0 bridgehead atoms. The molecule has 0 amide bonds. The highest BCUT2D eigenvalue weighted by molar-refractivity contribution is 7.19. The number of hydrogen-bond acceptors (Lipinski definition) is 3. The number of hydrogen-bond donors (Lipinski definition) is 1. The number of rotatable bonds is 6. The summed E-state index contributed by atoms with van der Waals surface area (Å²) < 4.78 is 3.35. The number of nitrogens with zero attached hydrogens (tertiary/aromatic N) is 2. The predicted octanol–water partition coefficient (Wildman–Crippen LogP) is 3.84. The van der Waals surface area contributed by atoms with E-state index in [-0.39, 0.29) is 0 Å². The number of fused-ring (bicyclic) bond motifs is 1. The third-order valence-electron chi connectivity index (χ3n) is 3.45. The van der Waals surface area contributed by atoms with Crippen molar-refractivity contribution in [1.29, 1.82) is 0 Å². The van der Waals surface area contributed by atoms with Gasteiger partial charge in [0.15, 0.2) is 0 Å². The zero-order chi connectivity index (χ0) is 13.8. The highest BCUT2D eigenvalue weighted by atomic mass is 32.1. The second-order valence-electron chi connectivity index (χ2n) is 4.99. The fourth-order valence-electron chi connectivity index (χ4n) is 2.31. The van der Waals surface area contributed by atoms with Crippen molar-refractivity contribution in [3.05, 3.63) is 53.7 Å². The van der Waals surface area contributed by atoms with Crippen LogP contribution in [0.15, 0.2) is 48.8 Å². The zero-order valence-corrected chi connectivity index (χ0v) is 12.4. The van der Waals surface area contributed by atoms with E-state index in [1.807, 2.05) is 34.5 Å². The Labute approximate surface area is 123 Å². The zero-order valence-electron chi connectivity index (χ0n) is 11.6. The summed E-state index contributed by atoms with van der Waals surface area (Å²) in [5, 5.41) is 9.15. The molecule has 3 nitrogen and oxygen atoms in total. The molecule has 20 heavy (non-hydrogen) atoms. The largest absolute Gasteiger partial charge is 0.309 e. The second-order valence-corrected chi connectivity index (χ2v) is 6.10. The smallest absolute Gasteiger partial charge is 0.0489 e. The summed E-state index contributed by atoms with van der Waals surface area (Å²) in [4.78, 5) is 1.41. The summed E-state index contributed by atoms with van der Waals surface area (Å²) in [5.41, 5.74) is 0. The van der Waals surface area contributed by atoms with E-state index in [9.17, 15) is 0 Å². The van der Waals surface area contributed by atoms with Crippen molar-refractivity contribution in [2.75, 3.05) is 6.54 Å². The average Bonchev–Trinajstić information content (AvgIpc) is 3.12. The first-order valence-corrected chi connectivity index (χ1v) is 7.84. The van der Waals surface area contributed by atoms with Crippen LogP contribution in [0.4, 0.5) is 0 Å². The third kappa shape index (κ3) is 3.08. The number of aryl methyl sites for hydroxylation is 1. The van der Waals surface area contributed by atoms with E-state index >= 15 is 0 Å². The van der Waals surface area contributed by atoms with E-state index in [1.165, 1.54) is 15.0 Å². The Kier molecular flexibility index (Phi) is 4.14. The van der Waals surface area contributed by atoms with Crippen LogP contribution in [0.5, 0.6) is 0 Å². The monoisotopic (exact) mass is 285 g/mol. The Hall–Kier alpha value is -1.65. The molecule has 1 unspecified atom stereocenters. The van der Waals surface area contributed by atoms with E-state index in [0.29, 0.717) is 6.04 Å². The van der Waals surface area contributed by atoms with Gasteiger partial charge in [-0.05, 0) is 43.5 Å². The van der Waals surface area contributed by atoms with Crippen LogP contribution in [0.3, 0.4) is 0 Å². The molecule has 1 atom stereocenters. The first-order valence-electron chi connectivity index (χ1n) is 7.02. The van der Waals surface area contributed by atoms with E-state index in [2.05, 4.69) is 47.7 Å². The average molecular weight is 285 g/mol. The minimum Gasteiger partial charge on any atom is -0.309 e. The van der Waals surface area contributed by atoms with E-state index < -0.39 is 0 Å². The van der Waals surface area contributed by atoms with Crippen LogP contribution in [0.1, 0.15) is 24.3 Å². The molecule has 2 heterocycles. The summed E-state index contributed by atoms with van der Waals surface area (Å²) in [6, 6.07) is 13.2. The number of benzene rings is 1. The summed E-state index contributed by atoms with van der Waals surface area (Å²) in [6.07, 6.45) is 4.93. The summed E-state index contributed by atoms with van der Waals surface area (Å²) in [6.45, 7) is 4.22. The van der Waals surface area contributed by atoms with Gasteiger partial charge in [0.25, 0.3) is 0 Å². The van der Waals surface area contributed by atoms with E-state index in [4.69, 9.17) is 0 Å². The van der Waals surface area contributed by atoms with Crippen LogP contribution in [0, 0.1) is 0 Å². The molecule has 1 aromatic carbocycles. The van der Waals surface area contributed by atoms with Gasteiger partial charge in [-0.2, -0.15) is 5.10 Å². The van der Waals surface area contributed by atoms with Gasteiger partial charge < -0.3 is 5.32 Å². The van der Waals surface area contributed by atoms with Gasteiger partial charge >= 0.3 is 0 Å². The molecule has 0 aliphatic carbocycles. The Morgan fingerprint density at radius 1 is 1.30 bits per heavy atom. The van der Waals surface area contributed by atoms with Crippen molar-refractivity contribution < 1.29 is 0 Å². The van der Waals surface area contributed by atoms with Gasteiger partial charge in [0.05, 0.1) is 0 Å². The normalized spacial score (nSPS) is 12.8. The molecule has 0 fully saturated rings. The molecule has 0 saturated carbocycles. The highest BCUT2D eigenvalue weighted by Crippen LogP contribution is 2.29. The molecule has 3 aromatic rings. The van der Waals surface area contributed by atoms with Gasteiger partial charge in [-0.25, -0.2) is 0 Å². The molecule has 0 aliphatic heterocycles. The molecule has 3 rings (SSSR count). The molecule has 0 saturated heterocycles. The predicted molar refractivity (Wildman–Crippen MR) is 85.1 cm³/mol. The number of thiophene rings is 1. The van der Waals surface area contributed by atoms with Crippen LogP contribution in [-0.4, -0.2) is 16.3 Å². The Morgan fingerprint density at radius 2 is 2.20 bits per heavy atom. The maximum atomic E-state index is 4.21. The highest BCUT2D eigenvalue weighted by Gasteiger charge is 2.08. The summed E-state index contributed by atoms with van der Waals surface area (Å²) in [5.74, 6) is 0. The van der Waals surface area contributed by atoms with Crippen molar-refractivity contribution in [3.63, 3.8) is 0 Å². The minimum atomic E-state index is 0.407. The van der Waals surface area contributed by atoms with Gasteiger partial charge in [0.2, 0.25) is 0 Å². The molecule has 104 valence electrons. The molecule has 0 spiro atoms. The lowest BCUT2D eigenvalue weighted by atomic mass is 10.2. The standard InChI is InChI=1S/C16H19N3S/c1-13(17-8-4-10-19-11-5-9-18-19)16-12-14-6-2-3-7-15(14)20-16/h2-3,5-7,9,11-13,17H,4,8,10H2,1H3. The maximum Gasteiger partial charge on any atom is 0.0489 e. The third-order valence-corrected chi connectivity index (χ3v) is 4.74. The van der Waals surface area contributed by atoms with Crippen LogP contribution < -0.4 is 5.32 Å². The van der Waals surface area contributed by atoms with Crippen molar-refractivity contribution in [2.24, 2.45) is 0 Å². The van der Waals surface area contributed by atoms with E-state index in [1.54, 1.807) is 0 Å². The molecular formula is C16H19N3S. The second kappa shape index (κ2) is 6.20. The lowest BCUT2D eigenvalue weighted by Gasteiger charge is -2.11. The molecule has 1 N–H and O–H groups in total. The van der Waals surface area contributed by atoms with Gasteiger partial charge in [0.1, 0.15) is 0 Å². The van der Waals surface area contributed by atoms with Crippen molar-refractivity contribution in [1.82, 2.24) is 15.1 Å². The molecule has 4 heteroatoms. The van der Waals surface area contributed by atoms with Crippen molar-refractivity contribution in [3.8, 4) is 0 Å². The number of nitrogens with one attached hydrogen (secondary N) is 1. The minimum absolute atomic E-state index is 0.407. The van der Waals surface area contributed by atoms with Gasteiger partial charge in [-0.1, -0.05) is 18.2 Å². The Bertz CT molecular complexity index is 624. The first-order chi connectivity index (χ1) is 9.83. The number of aromatic nitrogens is 2. The summed E-state index contributed by atoms with van der Waals surface area (Å²) in [7, 11) is 0. The van der Waals surface area contributed by atoms with Gasteiger partial charge in [-0.15, -0.1) is 11.3 Å². The molecule has 0 aliphatic rings. The van der Waals surface area contributed by atoms with Crippen LogP contribution in [0.2, 0.25) is 0 Å². The van der Waals surface area contributed by atoms with Crippen molar-refractivity contribution in [2.45, 2.75) is 25.9 Å². The molecule has 2 aromatic heterocycles. The maximum absolute atomic E-state index is 4.21. The fraction of sp³-hybridized carbons (Fsp3) is 0.312. The SMILES string of the molecule is CC(NCCCn1cccn1)c1cc2ccccc2s1. The van der Waals surface area contributed by atoms with Crippen LogP contribution in [-0.2, 0) is 6.54 Å². The van der Waals surface area contributed by atoms with Crippen molar-refractivity contribution >= 4 is 21.4 Å². The Balaban J connectivity index is 1.52. The topological polar surface area (TPSA) is 29.9 Å².